The van der Waals surface area contributed by atoms with Crippen molar-refractivity contribution in [2.24, 2.45) is 7.05 Å². The van der Waals surface area contributed by atoms with E-state index in [-0.39, 0.29) is 0 Å². The van der Waals surface area contributed by atoms with E-state index in [2.05, 4.69) is 21.9 Å². The first-order valence-corrected chi connectivity index (χ1v) is 4.68. The molecule has 0 amide bonds. The Balaban J connectivity index is 2.30. The lowest BCUT2D eigenvalue weighted by molar-refractivity contribution is 0.747. The molecule has 0 aliphatic heterocycles. The highest BCUT2D eigenvalue weighted by Crippen LogP contribution is 2.00. The highest BCUT2D eigenvalue weighted by atomic mass is 15.3. The average molecular weight is 197 g/mol. The van der Waals surface area contributed by atoms with E-state index in [4.69, 9.17) is 0 Å². The van der Waals surface area contributed by atoms with Crippen molar-refractivity contribution in [3.63, 3.8) is 0 Å². The zero-order valence-electron chi connectivity index (χ0n) is 8.73. The molecule has 0 unspecified atom stereocenters. The Kier molecular flexibility index (Phi) is 2.51. The second-order valence-electron chi connectivity index (χ2n) is 3.29. The minimum Gasteiger partial charge on any atom is -0.263 e. The van der Waals surface area contributed by atoms with Crippen molar-refractivity contribution in [3.8, 4) is 11.8 Å². The molecule has 0 fully saturated rings. The molecule has 0 N–H and O–H groups in total. The monoisotopic (exact) mass is 197 g/mol. The topological polar surface area (TPSA) is 30.7 Å². The van der Waals surface area contributed by atoms with E-state index >= 15 is 0 Å². The summed E-state index contributed by atoms with van der Waals surface area (Å²) in [5, 5.41) is 4.22. The Hall–Kier alpha value is -2.08. The number of rotatable bonds is 0. The fourth-order valence-electron chi connectivity index (χ4n) is 1.30. The molecule has 0 saturated carbocycles. The zero-order chi connectivity index (χ0) is 10.7. The largest absolute Gasteiger partial charge is 0.263 e. The molecule has 2 rings (SSSR count). The van der Waals surface area contributed by atoms with E-state index in [0.717, 1.165) is 17.0 Å². The summed E-state index contributed by atoms with van der Waals surface area (Å²) in [7, 11) is 1.89. The Morgan fingerprint density at radius 1 is 1.33 bits per heavy atom. The zero-order valence-corrected chi connectivity index (χ0v) is 8.73. The van der Waals surface area contributed by atoms with E-state index in [1.807, 2.05) is 32.2 Å². The summed E-state index contributed by atoms with van der Waals surface area (Å²) >= 11 is 0. The standard InChI is InChI=1S/C12H11N3/c1-10-8-12(15(2)14-10)6-5-11-4-3-7-13-9-11/h3-4,7-9H,1-2H3. The van der Waals surface area contributed by atoms with Crippen molar-refractivity contribution in [3.05, 3.63) is 47.5 Å². The smallest absolute Gasteiger partial charge is 0.111 e. The predicted octanol–water partition coefficient (Wildman–Crippen LogP) is 1.52. The average Bonchev–Trinajstić information content (AvgIpc) is 2.56. The predicted molar refractivity (Wildman–Crippen MR) is 58.2 cm³/mol. The van der Waals surface area contributed by atoms with Gasteiger partial charge in [-0.1, -0.05) is 5.92 Å². The molecule has 74 valence electrons. The van der Waals surface area contributed by atoms with Crippen LogP contribution in [0.3, 0.4) is 0 Å². The van der Waals surface area contributed by atoms with Gasteiger partial charge in [0.1, 0.15) is 5.69 Å². The van der Waals surface area contributed by atoms with Gasteiger partial charge >= 0.3 is 0 Å². The van der Waals surface area contributed by atoms with Crippen LogP contribution in [0.5, 0.6) is 0 Å². The summed E-state index contributed by atoms with van der Waals surface area (Å²) < 4.78 is 1.78. The normalized spacial score (nSPS) is 9.47. The van der Waals surface area contributed by atoms with Crippen molar-refractivity contribution in [2.75, 3.05) is 0 Å². The van der Waals surface area contributed by atoms with E-state index in [0.29, 0.717) is 0 Å². The third-order valence-electron chi connectivity index (χ3n) is 2.00. The Morgan fingerprint density at radius 2 is 2.20 bits per heavy atom. The summed E-state index contributed by atoms with van der Waals surface area (Å²) in [6, 6.07) is 5.77. The van der Waals surface area contributed by atoms with Crippen molar-refractivity contribution in [2.45, 2.75) is 6.92 Å². The number of pyridine rings is 1. The molecule has 0 radical (unpaired) electrons. The van der Waals surface area contributed by atoms with Crippen LogP contribution in [0.4, 0.5) is 0 Å². The Labute approximate surface area is 88.8 Å². The molecule has 15 heavy (non-hydrogen) atoms. The molecule has 2 aromatic heterocycles. The van der Waals surface area contributed by atoms with Crippen LogP contribution in [0.2, 0.25) is 0 Å². The summed E-state index contributed by atoms with van der Waals surface area (Å²) in [4.78, 5) is 4.00. The van der Waals surface area contributed by atoms with E-state index in [1.165, 1.54) is 0 Å². The second-order valence-corrected chi connectivity index (χ2v) is 3.29. The van der Waals surface area contributed by atoms with Crippen LogP contribution in [0.1, 0.15) is 17.0 Å². The van der Waals surface area contributed by atoms with Crippen LogP contribution in [0.25, 0.3) is 0 Å². The molecule has 0 aromatic carbocycles. The van der Waals surface area contributed by atoms with Gasteiger partial charge in [0.15, 0.2) is 0 Å². The van der Waals surface area contributed by atoms with Crippen molar-refractivity contribution >= 4 is 0 Å². The van der Waals surface area contributed by atoms with Crippen molar-refractivity contribution in [1.82, 2.24) is 14.8 Å². The quantitative estimate of drug-likeness (QED) is 0.599. The molecule has 2 aromatic rings. The summed E-state index contributed by atoms with van der Waals surface area (Å²) in [6.07, 6.45) is 3.48. The van der Waals surface area contributed by atoms with Gasteiger partial charge in [0.2, 0.25) is 0 Å². The molecule has 0 atom stereocenters. The van der Waals surface area contributed by atoms with Gasteiger partial charge in [-0.05, 0) is 31.0 Å². The van der Waals surface area contributed by atoms with E-state index < -0.39 is 0 Å². The minimum absolute atomic E-state index is 0.913. The maximum absolute atomic E-state index is 4.22. The van der Waals surface area contributed by atoms with Crippen molar-refractivity contribution < 1.29 is 0 Å². The molecular formula is C12H11N3. The molecule has 0 saturated heterocycles. The summed E-state index contributed by atoms with van der Waals surface area (Å²) in [6.45, 7) is 1.95. The second kappa shape index (κ2) is 3.97. The van der Waals surface area contributed by atoms with Gasteiger partial charge in [-0.3, -0.25) is 9.67 Å². The van der Waals surface area contributed by atoms with Crippen LogP contribution in [0, 0.1) is 18.8 Å². The van der Waals surface area contributed by atoms with Gasteiger partial charge in [0.25, 0.3) is 0 Å². The fourth-order valence-corrected chi connectivity index (χ4v) is 1.30. The molecular weight excluding hydrogens is 186 g/mol. The molecule has 3 heteroatoms. The lowest BCUT2D eigenvalue weighted by Gasteiger charge is -1.89. The molecule has 0 bridgehead atoms. The lowest BCUT2D eigenvalue weighted by Crippen LogP contribution is -1.93. The molecule has 0 spiro atoms. The SMILES string of the molecule is Cc1cc(C#Cc2cccnc2)n(C)n1. The lowest BCUT2D eigenvalue weighted by atomic mass is 10.3. The van der Waals surface area contributed by atoms with Crippen LogP contribution in [-0.4, -0.2) is 14.8 Å². The third-order valence-corrected chi connectivity index (χ3v) is 2.00. The first-order valence-electron chi connectivity index (χ1n) is 4.68. The van der Waals surface area contributed by atoms with Gasteiger partial charge in [-0.15, -0.1) is 0 Å². The maximum Gasteiger partial charge on any atom is 0.111 e. The number of hydrogen-bond donors (Lipinski definition) is 0. The molecule has 0 aliphatic carbocycles. The summed E-state index contributed by atoms with van der Waals surface area (Å²) in [5.74, 6) is 6.10. The van der Waals surface area contributed by atoms with Crippen LogP contribution in [0.15, 0.2) is 30.6 Å². The van der Waals surface area contributed by atoms with Gasteiger partial charge < -0.3 is 0 Å². The first kappa shape index (κ1) is 9.47. The van der Waals surface area contributed by atoms with E-state index in [1.54, 1.807) is 17.1 Å². The number of hydrogen-bond acceptors (Lipinski definition) is 2. The molecule has 2 heterocycles. The van der Waals surface area contributed by atoms with Crippen molar-refractivity contribution in [1.29, 1.82) is 0 Å². The highest BCUT2D eigenvalue weighted by Gasteiger charge is 1.96. The fraction of sp³-hybridized carbons (Fsp3) is 0.167. The molecule has 3 nitrogen and oxygen atoms in total. The number of aromatic nitrogens is 3. The minimum atomic E-state index is 0.913. The van der Waals surface area contributed by atoms with Gasteiger partial charge in [0.05, 0.1) is 5.69 Å². The summed E-state index contributed by atoms with van der Waals surface area (Å²) in [5.41, 5.74) is 2.81. The maximum atomic E-state index is 4.22. The number of nitrogens with zero attached hydrogens (tertiary/aromatic N) is 3. The third kappa shape index (κ3) is 2.23. The Morgan fingerprint density at radius 3 is 2.80 bits per heavy atom. The van der Waals surface area contributed by atoms with Crippen LogP contribution < -0.4 is 0 Å². The van der Waals surface area contributed by atoms with Gasteiger partial charge in [-0.2, -0.15) is 5.10 Å². The highest BCUT2D eigenvalue weighted by molar-refractivity contribution is 5.39. The van der Waals surface area contributed by atoms with Gasteiger partial charge in [0, 0.05) is 25.0 Å². The molecule has 0 aliphatic rings. The van der Waals surface area contributed by atoms with E-state index in [9.17, 15) is 0 Å². The first-order chi connectivity index (χ1) is 7.25. The van der Waals surface area contributed by atoms with Gasteiger partial charge in [-0.25, -0.2) is 0 Å². The van der Waals surface area contributed by atoms with Crippen LogP contribution in [-0.2, 0) is 7.05 Å². The Bertz CT molecular complexity index is 515. The van der Waals surface area contributed by atoms with Crippen LogP contribution >= 0.6 is 0 Å². The number of aryl methyl sites for hydroxylation is 2.